The molecule has 29 heavy (non-hydrogen) atoms. The maximum Gasteiger partial charge on any atom is 0.247 e. The van der Waals surface area contributed by atoms with E-state index in [0.29, 0.717) is 5.69 Å². The van der Waals surface area contributed by atoms with E-state index in [0.717, 1.165) is 50.1 Å². The lowest BCUT2D eigenvalue weighted by atomic mass is 9.77. The Balaban J connectivity index is 1.39. The van der Waals surface area contributed by atoms with Crippen LogP contribution in [0.2, 0.25) is 0 Å². The SMILES string of the molecule is Cc1cc(Nc2ncn(-c3cc(F)cc(F)c3)n2)c(F)c(N2CC3(COC3)C2)c1. The molecule has 0 bridgehead atoms. The average molecular weight is 401 g/mol. The number of anilines is 3. The number of aryl methyl sites for hydroxylation is 1. The van der Waals surface area contributed by atoms with Gasteiger partial charge in [-0.15, -0.1) is 5.10 Å². The molecule has 0 radical (unpaired) electrons. The first-order valence-electron chi connectivity index (χ1n) is 9.19. The molecule has 9 heteroatoms. The molecule has 0 atom stereocenters. The van der Waals surface area contributed by atoms with Crippen molar-refractivity contribution in [1.29, 1.82) is 0 Å². The van der Waals surface area contributed by atoms with Gasteiger partial charge < -0.3 is 15.0 Å². The number of rotatable bonds is 4. The van der Waals surface area contributed by atoms with Gasteiger partial charge in [-0.25, -0.2) is 17.9 Å². The van der Waals surface area contributed by atoms with E-state index >= 15 is 4.39 Å². The Hall–Kier alpha value is -3.07. The number of hydrogen-bond donors (Lipinski definition) is 1. The average Bonchev–Trinajstić information content (AvgIpc) is 3.04. The molecule has 2 saturated heterocycles. The summed E-state index contributed by atoms with van der Waals surface area (Å²) in [5.41, 5.74) is 2.01. The zero-order chi connectivity index (χ0) is 20.2. The summed E-state index contributed by atoms with van der Waals surface area (Å²) in [7, 11) is 0. The predicted octanol–water partition coefficient (Wildman–Crippen LogP) is 3.57. The Morgan fingerprint density at radius 2 is 1.76 bits per heavy atom. The molecular formula is C20H18F3N5O. The number of nitrogens with one attached hydrogen (secondary N) is 1. The molecule has 2 aromatic carbocycles. The molecule has 6 nitrogen and oxygen atoms in total. The van der Waals surface area contributed by atoms with Crippen molar-refractivity contribution < 1.29 is 17.9 Å². The summed E-state index contributed by atoms with van der Waals surface area (Å²) in [4.78, 5) is 6.07. The Kier molecular flexibility index (Phi) is 4.02. The lowest BCUT2D eigenvalue weighted by Gasteiger charge is -2.56. The van der Waals surface area contributed by atoms with Gasteiger partial charge in [-0.1, -0.05) is 0 Å². The lowest BCUT2D eigenvalue weighted by Crippen LogP contribution is -2.66. The predicted molar refractivity (Wildman–Crippen MR) is 101 cm³/mol. The Morgan fingerprint density at radius 3 is 2.41 bits per heavy atom. The van der Waals surface area contributed by atoms with E-state index in [1.54, 1.807) is 6.07 Å². The number of ether oxygens (including phenoxy) is 1. The van der Waals surface area contributed by atoms with Crippen LogP contribution >= 0.6 is 0 Å². The summed E-state index contributed by atoms with van der Waals surface area (Å²) in [6, 6.07) is 6.53. The molecule has 1 aromatic heterocycles. The fourth-order valence-electron chi connectivity index (χ4n) is 3.81. The molecule has 5 rings (SSSR count). The van der Waals surface area contributed by atoms with Gasteiger partial charge in [0.1, 0.15) is 18.0 Å². The Labute approximate surface area is 164 Å². The molecule has 0 aliphatic carbocycles. The first kappa shape index (κ1) is 18.0. The van der Waals surface area contributed by atoms with Gasteiger partial charge in [0.2, 0.25) is 5.95 Å². The van der Waals surface area contributed by atoms with Gasteiger partial charge >= 0.3 is 0 Å². The van der Waals surface area contributed by atoms with Crippen molar-refractivity contribution in [2.24, 2.45) is 5.41 Å². The van der Waals surface area contributed by atoms with Crippen molar-refractivity contribution in [3.05, 3.63) is 59.7 Å². The number of nitrogens with zero attached hydrogens (tertiary/aromatic N) is 4. The summed E-state index contributed by atoms with van der Waals surface area (Å²) in [6.07, 6.45) is 1.31. The normalized spacial score (nSPS) is 17.2. The summed E-state index contributed by atoms with van der Waals surface area (Å²) >= 11 is 0. The third kappa shape index (κ3) is 3.21. The van der Waals surface area contributed by atoms with Crippen LogP contribution in [0.4, 0.5) is 30.5 Å². The number of halogens is 3. The van der Waals surface area contributed by atoms with Crippen LogP contribution in [0.5, 0.6) is 0 Å². The van der Waals surface area contributed by atoms with Crippen molar-refractivity contribution in [2.75, 3.05) is 36.5 Å². The van der Waals surface area contributed by atoms with Gasteiger partial charge in [0.15, 0.2) is 5.82 Å². The highest BCUT2D eigenvalue weighted by Gasteiger charge is 2.49. The van der Waals surface area contributed by atoms with Crippen LogP contribution < -0.4 is 10.2 Å². The standard InChI is InChI=1S/C20H18F3N5O/c1-12-2-16(18(23)17(3-12)27-7-20(8-27)9-29-10-20)25-19-24-11-28(26-19)15-5-13(21)4-14(22)6-15/h2-6,11H,7-10H2,1H3,(H,25,26). The molecule has 150 valence electrons. The summed E-state index contributed by atoms with van der Waals surface area (Å²) in [5.74, 6) is -1.71. The zero-order valence-corrected chi connectivity index (χ0v) is 15.6. The number of benzene rings is 2. The fourth-order valence-corrected chi connectivity index (χ4v) is 3.81. The molecule has 0 saturated carbocycles. The minimum absolute atomic E-state index is 0.123. The van der Waals surface area contributed by atoms with Crippen LogP contribution in [-0.2, 0) is 4.74 Å². The quantitative estimate of drug-likeness (QED) is 0.724. The van der Waals surface area contributed by atoms with Gasteiger partial charge in [-0.3, -0.25) is 0 Å². The molecule has 3 aromatic rings. The minimum Gasteiger partial charge on any atom is -0.380 e. The lowest BCUT2D eigenvalue weighted by molar-refractivity contribution is -0.127. The van der Waals surface area contributed by atoms with E-state index in [2.05, 4.69) is 15.4 Å². The van der Waals surface area contributed by atoms with Crippen molar-refractivity contribution in [2.45, 2.75) is 6.92 Å². The maximum atomic E-state index is 15.1. The monoisotopic (exact) mass is 401 g/mol. The van der Waals surface area contributed by atoms with Crippen molar-refractivity contribution in [3.63, 3.8) is 0 Å². The first-order chi connectivity index (χ1) is 13.9. The van der Waals surface area contributed by atoms with Crippen LogP contribution in [0.15, 0.2) is 36.7 Å². The smallest absolute Gasteiger partial charge is 0.247 e. The van der Waals surface area contributed by atoms with Gasteiger partial charge in [0.05, 0.1) is 35.7 Å². The Bertz CT molecular complexity index is 1070. The highest BCUT2D eigenvalue weighted by Crippen LogP contribution is 2.42. The largest absolute Gasteiger partial charge is 0.380 e. The zero-order valence-electron chi connectivity index (χ0n) is 15.6. The molecular weight excluding hydrogens is 383 g/mol. The van der Waals surface area contributed by atoms with Crippen molar-refractivity contribution in [3.8, 4) is 5.69 Å². The molecule has 1 spiro atoms. The summed E-state index contributed by atoms with van der Waals surface area (Å²) in [5, 5.41) is 7.01. The third-order valence-corrected chi connectivity index (χ3v) is 5.26. The van der Waals surface area contributed by atoms with Gasteiger partial charge in [-0.2, -0.15) is 4.98 Å². The second-order valence-corrected chi connectivity index (χ2v) is 7.76. The van der Waals surface area contributed by atoms with Crippen LogP contribution in [0.1, 0.15) is 5.56 Å². The third-order valence-electron chi connectivity index (χ3n) is 5.26. The topological polar surface area (TPSA) is 55.2 Å². The summed E-state index contributed by atoms with van der Waals surface area (Å²) < 4.78 is 48.5. The number of hydrogen-bond acceptors (Lipinski definition) is 5. The summed E-state index contributed by atoms with van der Waals surface area (Å²) in [6.45, 7) is 4.88. The van der Waals surface area contributed by atoms with E-state index in [1.165, 1.54) is 11.0 Å². The second kappa shape index (κ2) is 6.48. The van der Waals surface area contributed by atoms with Crippen molar-refractivity contribution >= 4 is 17.3 Å². The molecule has 0 amide bonds. The highest BCUT2D eigenvalue weighted by molar-refractivity contribution is 5.66. The van der Waals surface area contributed by atoms with E-state index in [9.17, 15) is 8.78 Å². The minimum atomic E-state index is -0.719. The van der Waals surface area contributed by atoms with E-state index in [4.69, 9.17) is 4.74 Å². The first-order valence-corrected chi connectivity index (χ1v) is 9.19. The highest BCUT2D eigenvalue weighted by atomic mass is 19.1. The Morgan fingerprint density at radius 1 is 1.03 bits per heavy atom. The molecule has 2 fully saturated rings. The van der Waals surface area contributed by atoms with Gasteiger partial charge in [0.25, 0.3) is 0 Å². The van der Waals surface area contributed by atoms with Crippen molar-refractivity contribution in [1.82, 2.24) is 14.8 Å². The van der Waals surface area contributed by atoms with Crippen LogP contribution in [0, 0.1) is 29.8 Å². The molecule has 3 heterocycles. The van der Waals surface area contributed by atoms with Crippen LogP contribution in [0.3, 0.4) is 0 Å². The van der Waals surface area contributed by atoms with E-state index < -0.39 is 11.6 Å². The molecule has 2 aliphatic rings. The van der Waals surface area contributed by atoms with E-state index in [1.807, 2.05) is 17.9 Å². The molecule has 1 N–H and O–H groups in total. The fraction of sp³-hybridized carbons (Fsp3) is 0.300. The second-order valence-electron chi connectivity index (χ2n) is 7.76. The molecule has 0 unspecified atom stereocenters. The van der Waals surface area contributed by atoms with Gasteiger partial charge in [-0.05, 0) is 36.8 Å². The van der Waals surface area contributed by atoms with Gasteiger partial charge in [0, 0.05) is 19.2 Å². The maximum absolute atomic E-state index is 15.1. The molecule has 2 aliphatic heterocycles. The number of aromatic nitrogens is 3. The van der Waals surface area contributed by atoms with Crippen LogP contribution in [0.25, 0.3) is 5.69 Å². The van der Waals surface area contributed by atoms with Crippen LogP contribution in [-0.4, -0.2) is 41.1 Å². The van der Waals surface area contributed by atoms with E-state index in [-0.39, 0.29) is 28.6 Å².